The lowest BCUT2D eigenvalue weighted by Crippen LogP contribution is -2.39. The third kappa shape index (κ3) is 2.41. The van der Waals surface area contributed by atoms with E-state index in [1.54, 1.807) is 0 Å². The van der Waals surface area contributed by atoms with Crippen LogP contribution in [0.25, 0.3) is 0 Å². The van der Waals surface area contributed by atoms with E-state index in [0.29, 0.717) is 0 Å². The maximum atomic E-state index is 13.4. The highest BCUT2D eigenvalue weighted by atomic mass is 32.2. The highest BCUT2D eigenvalue weighted by molar-refractivity contribution is 7.93. The second kappa shape index (κ2) is 4.74. The van der Waals surface area contributed by atoms with Gasteiger partial charge in [0.25, 0.3) is 9.84 Å². The maximum absolute atomic E-state index is 13.4. The van der Waals surface area contributed by atoms with Gasteiger partial charge in [0, 0.05) is 6.20 Å². The molecule has 0 aromatic carbocycles. The van der Waals surface area contributed by atoms with Crippen molar-refractivity contribution in [1.82, 2.24) is 4.98 Å². The summed E-state index contributed by atoms with van der Waals surface area (Å²) in [5, 5.41) is -5.52. The number of pyridine rings is 1. The molecule has 0 saturated heterocycles. The number of ether oxygens (including phenoxy) is 1. The van der Waals surface area contributed by atoms with Crippen molar-refractivity contribution in [3.05, 3.63) is 24.4 Å². The van der Waals surface area contributed by atoms with Gasteiger partial charge in [0.15, 0.2) is 5.03 Å². The molecule has 0 fully saturated rings. The van der Waals surface area contributed by atoms with E-state index < -0.39 is 26.1 Å². The quantitative estimate of drug-likeness (QED) is 0.760. The largest absolute Gasteiger partial charge is 0.461 e. The third-order valence-corrected chi connectivity index (χ3v) is 3.40. The molecule has 0 spiro atoms. The molecule has 1 aromatic rings. The van der Waals surface area contributed by atoms with Crippen LogP contribution in [0.4, 0.5) is 8.78 Å². The lowest BCUT2D eigenvalue weighted by Gasteiger charge is -2.14. The molecule has 0 unspecified atom stereocenters. The van der Waals surface area contributed by atoms with Crippen LogP contribution in [0.2, 0.25) is 0 Å². The van der Waals surface area contributed by atoms with E-state index in [2.05, 4.69) is 9.72 Å². The molecule has 0 aliphatic heterocycles. The smallest absolute Gasteiger partial charge is 0.446 e. The molecule has 0 amide bonds. The number of carbonyl (C=O) groups is 1. The average Bonchev–Trinajstić information content (AvgIpc) is 2.30. The van der Waals surface area contributed by atoms with Gasteiger partial charge in [-0.15, -0.1) is 0 Å². The van der Waals surface area contributed by atoms with Gasteiger partial charge < -0.3 is 4.74 Å². The molecule has 0 aliphatic rings. The predicted molar refractivity (Wildman–Crippen MR) is 53.0 cm³/mol. The standard InChI is InChI=1S/C9H9F2NO4S/c1-2-16-8(13)9(10,11)17(14,15)7-5-3-4-6-12-7/h3-6H,2H2,1H3. The molecule has 1 aromatic heterocycles. The summed E-state index contributed by atoms with van der Waals surface area (Å²) in [6, 6.07) is 3.46. The van der Waals surface area contributed by atoms with Crippen LogP contribution in [0.5, 0.6) is 0 Å². The minimum atomic E-state index is -5.18. The second-order valence-electron chi connectivity index (χ2n) is 2.91. The summed E-state index contributed by atoms with van der Waals surface area (Å²) in [6.45, 7) is 0.952. The normalized spacial score (nSPS) is 12.2. The number of carbonyl (C=O) groups excluding carboxylic acids is 1. The van der Waals surface area contributed by atoms with Crippen LogP contribution in [0.1, 0.15) is 6.92 Å². The Balaban J connectivity index is 3.19. The molecule has 0 N–H and O–H groups in total. The Morgan fingerprint density at radius 1 is 1.47 bits per heavy atom. The first kappa shape index (κ1) is 13.5. The van der Waals surface area contributed by atoms with Gasteiger partial charge in [0.05, 0.1) is 6.61 Å². The SMILES string of the molecule is CCOC(=O)C(F)(F)S(=O)(=O)c1ccccn1. The van der Waals surface area contributed by atoms with Crippen LogP contribution in [-0.4, -0.2) is 31.2 Å². The minimum Gasteiger partial charge on any atom is -0.461 e. The Bertz CT molecular complexity index is 501. The summed E-state index contributed by atoms with van der Waals surface area (Å²) < 4.78 is 53.7. The zero-order valence-electron chi connectivity index (χ0n) is 8.76. The Labute approximate surface area is 96.3 Å². The van der Waals surface area contributed by atoms with Gasteiger partial charge in [-0.3, -0.25) is 0 Å². The topological polar surface area (TPSA) is 73.3 Å². The van der Waals surface area contributed by atoms with E-state index in [1.165, 1.54) is 19.1 Å². The Morgan fingerprint density at radius 3 is 2.59 bits per heavy atom. The fraction of sp³-hybridized carbons (Fsp3) is 0.333. The van der Waals surface area contributed by atoms with Crippen molar-refractivity contribution in [3.8, 4) is 0 Å². The number of aromatic nitrogens is 1. The van der Waals surface area contributed by atoms with Gasteiger partial charge >= 0.3 is 11.2 Å². The van der Waals surface area contributed by atoms with E-state index >= 15 is 0 Å². The average molecular weight is 265 g/mol. The Hall–Kier alpha value is -1.57. The highest BCUT2D eigenvalue weighted by Gasteiger charge is 2.55. The van der Waals surface area contributed by atoms with Crippen LogP contribution < -0.4 is 0 Å². The molecule has 8 heteroatoms. The number of esters is 1. The molecule has 1 heterocycles. The summed E-state index contributed by atoms with van der Waals surface area (Å²) >= 11 is 0. The van der Waals surface area contributed by atoms with E-state index in [9.17, 15) is 22.0 Å². The molecule has 1 rings (SSSR count). The number of hydrogen-bond donors (Lipinski definition) is 0. The fourth-order valence-electron chi connectivity index (χ4n) is 0.962. The maximum Gasteiger partial charge on any atom is 0.446 e. The highest BCUT2D eigenvalue weighted by Crippen LogP contribution is 2.29. The van der Waals surface area contributed by atoms with Gasteiger partial charge in [0.1, 0.15) is 0 Å². The van der Waals surface area contributed by atoms with Crippen molar-refractivity contribution in [1.29, 1.82) is 0 Å². The summed E-state index contributed by atoms with van der Waals surface area (Å²) in [5.74, 6) is -2.11. The second-order valence-corrected chi connectivity index (χ2v) is 4.85. The van der Waals surface area contributed by atoms with E-state index in [4.69, 9.17) is 0 Å². The number of hydrogen-bond acceptors (Lipinski definition) is 5. The van der Waals surface area contributed by atoms with Crippen LogP contribution in [0.3, 0.4) is 0 Å². The zero-order valence-corrected chi connectivity index (χ0v) is 9.58. The molecule has 94 valence electrons. The van der Waals surface area contributed by atoms with Gasteiger partial charge in [-0.25, -0.2) is 18.2 Å². The molecule has 5 nitrogen and oxygen atoms in total. The molecule has 17 heavy (non-hydrogen) atoms. The summed E-state index contributed by atoms with van der Waals surface area (Å²) in [7, 11) is -5.18. The number of nitrogens with zero attached hydrogens (tertiary/aromatic N) is 1. The molecule has 0 atom stereocenters. The minimum absolute atomic E-state index is 0.341. The van der Waals surface area contributed by atoms with Crippen molar-refractivity contribution >= 4 is 15.8 Å². The molecule has 0 radical (unpaired) electrons. The van der Waals surface area contributed by atoms with Crippen molar-refractivity contribution in [3.63, 3.8) is 0 Å². The first-order valence-corrected chi connectivity index (χ1v) is 6.03. The lowest BCUT2D eigenvalue weighted by molar-refractivity contribution is -0.160. The van der Waals surface area contributed by atoms with Crippen molar-refractivity contribution < 1.29 is 26.7 Å². The van der Waals surface area contributed by atoms with Crippen LogP contribution >= 0.6 is 0 Å². The van der Waals surface area contributed by atoms with Crippen LogP contribution in [0.15, 0.2) is 29.4 Å². The predicted octanol–water partition coefficient (Wildman–Crippen LogP) is 1.01. The van der Waals surface area contributed by atoms with E-state index in [1.807, 2.05) is 0 Å². The van der Waals surface area contributed by atoms with Crippen LogP contribution in [0, 0.1) is 0 Å². The number of rotatable bonds is 4. The van der Waals surface area contributed by atoms with E-state index in [0.717, 1.165) is 12.3 Å². The summed E-state index contributed by atoms with van der Waals surface area (Å²) in [5.41, 5.74) is 0. The van der Waals surface area contributed by atoms with Gasteiger partial charge in [-0.2, -0.15) is 8.78 Å². The fourth-order valence-corrected chi connectivity index (χ4v) is 1.96. The van der Waals surface area contributed by atoms with Crippen LogP contribution in [-0.2, 0) is 19.4 Å². The van der Waals surface area contributed by atoms with Crippen molar-refractivity contribution in [2.24, 2.45) is 0 Å². The molecule has 0 bridgehead atoms. The first-order chi connectivity index (χ1) is 7.84. The van der Waals surface area contributed by atoms with Gasteiger partial charge in [-0.05, 0) is 19.1 Å². The third-order valence-electron chi connectivity index (χ3n) is 1.76. The van der Waals surface area contributed by atoms with Crippen molar-refractivity contribution in [2.75, 3.05) is 6.61 Å². The zero-order chi connectivity index (χ0) is 13.1. The molecular formula is C9H9F2NO4S. The number of sulfone groups is 1. The number of alkyl halides is 2. The lowest BCUT2D eigenvalue weighted by atomic mass is 10.5. The molecule has 0 aliphatic carbocycles. The Morgan fingerprint density at radius 2 is 2.12 bits per heavy atom. The summed E-state index contributed by atoms with van der Waals surface area (Å²) in [6.07, 6.45) is 1.04. The van der Waals surface area contributed by atoms with Gasteiger partial charge in [0.2, 0.25) is 0 Å². The van der Waals surface area contributed by atoms with Gasteiger partial charge in [-0.1, -0.05) is 6.07 Å². The summed E-state index contributed by atoms with van der Waals surface area (Å²) in [4.78, 5) is 14.2. The van der Waals surface area contributed by atoms with E-state index in [-0.39, 0.29) is 6.61 Å². The Kier molecular flexibility index (Phi) is 3.76. The molecule has 0 saturated carbocycles. The first-order valence-electron chi connectivity index (χ1n) is 4.54. The number of halogens is 2. The monoisotopic (exact) mass is 265 g/mol. The van der Waals surface area contributed by atoms with Crippen molar-refractivity contribution in [2.45, 2.75) is 17.2 Å². The molecular weight excluding hydrogens is 256 g/mol.